The van der Waals surface area contributed by atoms with Crippen molar-refractivity contribution in [2.75, 3.05) is 14.1 Å². The Kier molecular flexibility index (Phi) is 5.35. The maximum atomic E-state index is 13.7. The highest BCUT2D eigenvalue weighted by Crippen LogP contribution is 2.53. The van der Waals surface area contributed by atoms with Crippen molar-refractivity contribution in [3.8, 4) is 16.9 Å². The van der Waals surface area contributed by atoms with E-state index in [0.29, 0.717) is 16.7 Å². The Labute approximate surface area is 209 Å². The second-order valence-corrected chi connectivity index (χ2v) is 9.76. The van der Waals surface area contributed by atoms with Crippen LogP contribution in [-0.2, 0) is 16.0 Å². The smallest absolute Gasteiger partial charge is 0.344 e. The number of H-pyrrole nitrogens is 1. The van der Waals surface area contributed by atoms with Gasteiger partial charge in [-0.05, 0) is 50.0 Å². The molecule has 0 saturated carbocycles. The number of phenols is 1. The Morgan fingerprint density at radius 1 is 1.19 bits per heavy atom. The van der Waals surface area contributed by atoms with Crippen molar-refractivity contribution in [1.82, 2.24) is 14.9 Å². The lowest BCUT2D eigenvalue weighted by atomic mass is 9.58. The lowest BCUT2D eigenvalue weighted by Gasteiger charge is -2.50. The first-order valence-electron chi connectivity index (χ1n) is 11.4. The minimum absolute atomic E-state index is 0.0231. The summed E-state index contributed by atoms with van der Waals surface area (Å²) in [5.41, 5.74) is 2.29. The number of allylic oxidation sites excluding steroid dienone is 1. The number of aromatic hydroxyl groups is 1. The first-order valence-corrected chi connectivity index (χ1v) is 11.4. The summed E-state index contributed by atoms with van der Waals surface area (Å²) in [6.45, 7) is 0. The van der Waals surface area contributed by atoms with Crippen LogP contribution in [0.1, 0.15) is 22.3 Å². The maximum absolute atomic E-state index is 13.7. The Morgan fingerprint density at radius 2 is 1.89 bits per heavy atom. The number of Topliss-reactive ketones (excluding diaryl/α,β-unsaturated/α-hetero) is 2. The van der Waals surface area contributed by atoms with E-state index in [-0.39, 0.29) is 29.7 Å². The average molecular weight is 508 g/mol. The summed E-state index contributed by atoms with van der Waals surface area (Å²) in [5.74, 6) is -7.11. The normalized spacial score (nSPS) is 27.2. The van der Waals surface area contributed by atoms with Crippen LogP contribution < -0.4 is 11.4 Å². The Balaban J connectivity index is 1.73. The molecule has 1 amide bonds. The van der Waals surface area contributed by atoms with Gasteiger partial charge in [0, 0.05) is 29.4 Å². The van der Waals surface area contributed by atoms with Crippen LogP contribution in [0.3, 0.4) is 0 Å². The van der Waals surface area contributed by atoms with Crippen LogP contribution >= 0.6 is 0 Å². The molecule has 0 unspecified atom stereocenters. The van der Waals surface area contributed by atoms with Gasteiger partial charge < -0.3 is 31.1 Å². The van der Waals surface area contributed by atoms with Gasteiger partial charge in [-0.3, -0.25) is 19.3 Å². The molecular formula is C25H24N4O8. The van der Waals surface area contributed by atoms with Crippen LogP contribution in [0, 0.1) is 11.8 Å². The zero-order valence-electron chi connectivity index (χ0n) is 19.8. The number of nitrogens with zero attached hydrogens (tertiary/aromatic N) is 2. The number of phenolic OH excluding ortho intramolecular Hbond substituents is 1. The molecule has 1 heterocycles. The van der Waals surface area contributed by atoms with Crippen molar-refractivity contribution in [1.29, 1.82) is 0 Å². The van der Waals surface area contributed by atoms with Crippen LogP contribution in [0.25, 0.3) is 11.1 Å². The second-order valence-electron chi connectivity index (χ2n) is 9.76. The summed E-state index contributed by atoms with van der Waals surface area (Å²) in [5, 5.41) is 44.3. The third-order valence-electron chi connectivity index (χ3n) is 7.59. The number of rotatable bonds is 3. The van der Waals surface area contributed by atoms with Crippen molar-refractivity contribution in [3.05, 3.63) is 68.8 Å². The summed E-state index contributed by atoms with van der Waals surface area (Å²) < 4.78 is 0. The number of aromatic nitrogens is 2. The SMILES string of the molecule is CN(C)[C@@H]1C(O)=C(C(N)=O)C(=O)[C@@]2(O)C(O)=C3C(=O)c4c(O)ccc(-c5cnc(=O)[nH]c5)c4C[C@H]3C[C@@H]12. The lowest BCUT2D eigenvalue weighted by molar-refractivity contribution is -0.148. The number of primary amides is 1. The molecule has 7 N–H and O–H groups in total. The fourth-order valence-electron chi connectivity index (χ4n) is 6.01. The van der Waals surface area contributed by atoms with E-state index in [2.05, 4.69) is 9.97 Å². The molecule has 0 spiro atoms. The van der Waals surface area contributed by atoms with E-state index in [4.69, 9.17) is 5.73 Å². The van der Waals surface area contributed by atoms with Gasteiger partial charge in [0.15, 0.2) is 11.4 Å². The number of carbonyl (C=O) groups is 3. The summed E-state index contributed by atoms with van der Waals surface area (Å²) in [6.07, 6.45) is 2.85. The Morgan fingerprint density at radius 3 is 2.49 bits per heavy atom. The monoisotopic (exact) mass is 508 g/mol. The predicted molar refractivity (Wildman–Crippen MR) is 128 cm³/mol. The number of aliphatic hydroxyl groups excluding tert-OH is 2. The van der Waals surface area contributed by atoms with E-state index >= 15 is 0 Å². The number of aliphatic hydroxyl groups is 3. The van der Waals surface area contributed by atoms with Crippen LogP contribution in [0.15, 0.2) is 52.0 Å². The second kappa shape index (κ2) is 8.11. The van der Waals surface area contributed by atoms with Crippen LogP contribution in [0.2, 0.25) is 0 Å². The zero-order valence-corrected chi connectivity index (χ0v) is 19.8. The fourth-order valence-corrected chi connectivity index (χ4v) is 6.01. The zero-order chi connectivity index (χ0) is 27.0. The van der Waals surface area contributed by atoms with Crippen LogP contribution in [-0.4, -0.2) is 78.5 Å². The number of likely N-dealkylation sites (N-methyl/N-ethyl adjacent to an activating group) is 1. The van der Waals surface area contributed by atoms with E-state index in [1.54, 1.807) is 20.2 Å². The Hall–Kier alpha value is -4.29. The number of ketones is 2. The summed E-state index contributed by atoms with van der Waals surface area (Å²) in [6, 6.07) is 1.79. The molecule has 2 aromatic rings. The molecule has 0 radical (unpaired) electrons. The fraction of sp³-hybridized carbons (Fsp3) is 0.320. The molecule has 192 valence electrons. The van der Waals surface area contributed by atoms with Gasteiger partial charge in [-0.1, -0.05) is 6.07 Å². The third kappa shape index (κ3) is 3.26. The van der Waals surface area contributed by atoms with E-state index in [0.717, 1.165) is 0 Å². The van der Waals surface area contributed by atoms with Gasteiger partial charge in [0.2, 0.25) is 5.78 Å². The van der Waals surface area contributed by atoms with E-state index < -0.39 is 63.7 Å². The van der Waals surface area contributed by atoms with Gasteiger partial charge in [0.25, 0.3) is 5.91 Å². The minimum atomic E-state index is -2.69. The number of carbonyl (C=O) groups excluding carboxylic acids is 3. The summed E-state index contributed by atoms with van der Waals surface area (Å²) in [7, 11) is 3.12. The van der Waals surface area contributed by atoms with Gasteiger partial charge in [0.05, 0.1) is 11.6 Å². The van der Waals surface area contributed by atoms with Gasteiger partial charge in [-0.2, -0.15) is 0 Å². The van der Waals surface area contributed by atoms with Crippen LogP contribution in [0.4, 0.5) is 0 Å². The molecule has 5 rings (SSSR count). The van der Waals surface area contributed by atoms with Crippen LogP contribution in [0.5, 0.6) is 5.75 Å². The summed E-state index contributed by atoms with van der Waals surface area (Å²) >= 11 is 0. The molecule has 37 heavy (non-hydrogen) atoms. The van der Waals surface area contributed by atoms with Crippen molar-refractivity contribution < 1.29 is 34.8 Å². The molecular weight excluding hydrogens is 484 g/mol. The topological polar surface area (TPSA) is 207 Å². The number of aromatic amines is 1. The first-order chi connectivity index (χ1) is 17.4. The van der Waals surface area contributed by atoms with Gasteiger partial charge in [-0.25, -0.2) is 9.78 Å². The molecule has 12 heteroatoms. The number of nitrogens with one attached hydrogen (secondary N) is 1. The maximum Gasteiger partial charge on any atom is 0.344 e. The number of benzene rings is 1. The molecule has 12 nitrogen and oxygen atoms in total. The lowest BCUT2D eigenvalue weighted by Crippen LogP contribution is -2.63. The average Bonchev–Trinajstić information content (AvgIpc) is 2.82. The van der Waals surface area contributed by atoms with Gasteiger partial charge in [0.1, 0.15) is 22.8 Å². The minimum Gasteiger partial charge on any atom is -0.510 e. The van der Waals surface area contributed by atoms with E-state index in [1.165, 1.54) is 23.4 Å². The highest BCUT2D eigenvalue weighted by atomic mass is 16.3. The van der Waals surface area contributed by atoms with Crippen molar-refractivity contribution >= 4 is 17.5 Å². The van der Waals surface area contributed by atoms with E-state index in [9.17, 15) is 39.6 Å². The molecule has 1 aromatic heterocycles. The molecule has 3 aliphatic rings. The molecule has 1 aromatic carbocycles. The molecule has 3 aliphatic carbocycles. The quantitative estimate of drug-likeness (QED) is 0.303. The highest BCUT2D eigenvalue weighted by molar-refractivity contribution is 6.24. The molecule has 0 bridgehead atoms. The predicted octanol–water partition coefficient (Wildman–Crippen LogP) is -0.129. The largest absolute Gasteiger partial charge is 0.510 e. The van der Waals surface area contributed by atoms with Crippen molar-refractivity contribution in [2.24, 2.45) is 17.6 Å². The molecule has 0 aliphatic heterocycles. The highest BCUT2D eigenvalue weighted by Gasteiger charge is 2.63. The van der Waals surface area contributed by atoms with Gasteiger partial charge in [-0.15, -0.1) is 0 Å². The molecule has 0 fully saturated rings. The number of nitrogens with two attached hydrogens (primary N) is 1. The third-order valence-corrected chi connectivity index (χ3v) is 7.59. The molecule has 0 saturated heterocycles. The molecule has 4 atom stereocenters. The Bertz CT molecular complexity index is 1500. The first kappa shape index (κ1) is 24.4. The number of fused-ring (bicyclic) bond motifs is 3. The number of hydrogen-bond donors (Lipinski definition) is 6. The van der Waals surface area contributed by atoms with Gasteiger partial charge >= 0.3 is 5.69 Å². The standard InChI is InChI=1S/C25H24N4O8/c1-29(2)18-13-6-9-5-12-11(10-7-27-24(36)28-8-10)3-4-14(30)16(12)19(31)15(9)21(33)25(13,37)22(34)17(20(18)32)23(26)35/h3-4,7-9,13,18,30,32-33,37H,5-6H2,1-2H3,(H2,26,35)(H,27,28,36)/t9-,13-,18-,25-/m0/s1. The number of hydrogen-bond acceptors (Lipinski definition) is 10. The summed E-state index contributed by atoms with van der Waals surface area (Å²) in [4.78, 5) is 58.1. The van der Waals surface area contributed by atoms with E-state index in [1.807, 2.05) is 0 Å². The van der Waals surface area contributed by atoms with Crippen molar-refractivity contribution in [2.45, 2.75) is 24.5 Å². The van der Waals surface area contributed by atoms with Crippen molar-refractivity contribution in [3.63, 3.8) is 0 Å². The number of amides is 1.